The fourth-order valence-corrected chi connectivity index (χ4v) is 7.55. The molecule has 0 bridgehead atoms. The second kappa shape index (κ2) is 14.8. The van der Waals surface area contributed by atoms with Gasteiger partial charge in [0.2, 0.25) is 5.60 Å². The molecule has 3 atom stereocenters. The first kappa shape index (κ1) is 37.4. The molecule has 270 valence electrons. The number of ether oxygens (including phenoxy) is 2. The van der Waals surface area contributed by atoms with Gasteiger partial charge in [0.05, 0.1) is 24.3 Å². The highest BCUT2D eigenvalue weighted by Gasteiger charge is 2.57. The maximum atomic E-state index is 15.1. The van der Waals surface area contributed by atoms with Crippen molar-refractivity contribution in [1.29, 1.82) is 0 Å². The number of hydrogen-bond donors (Lipinski definition) is 1. The standard InChI is InChI=1S/C33H32ClF6N3O6S/c1-2-5-25-31(49-21-15-26(50-18-21)33(38,39)40,10-4-12-43(25)29(46)28-23(32(35,36)37)6-3-11-41-28)30(47)42-13-9-19-14-20(34)7-8-22(19)24(42)16-48-17-27(44)45/h3,6-8,11,14-15,18,24-25H,2,4-5,9-10,12-13,16-17H2,1H3,(H,44,45)/t24?,25-,31-/m1/s1. The van der Waals surface area contributed by atoms with Crippen molar-refractivity contribution >= 4 is 40.7 Å². The second-order valence-electron chi connectivity index (χ2n) is 12.0. The molecule has 0 spiro atoms. The van der Waals surface area contributed by atoms with E-state index in [1.165, 1.54) is 4.90 Å². The number of halogens is 7. The molecule has 9 nitrogen and oxygen atoms in total. The highest BCUT2D eigenvalue weighted by Crippen LogP contribution is 2.44. The number of benzene rings is 1. The molecule has 4 heterocycles. The fraction of sp³-hybridized carbons (Fsp3) is 0.455. The lowest BCUT2D eigenvalue weighted by Crippen LogP contribution is -2.68. The Morgan fingerprint density at radius 3 is 2.50 bits per heavy atom. The van der Waals surface area contributed by atoms with E-state index in [9.17, 15) is 41.0 Å². The smallest absolute Gasteiger partial charge is 0.425 e. The van der Waals surface area contributed by atoms with Crippen molar-refractivity contribution in [2.75, 3.05) is 26.3 Å². The number of piperidine rings is 1. The molecule has 1 unspecified atom stereocenters. The summed E-state index contributed by atoms with van der Waals surface area (Å²) < 4.78 is 94.9. The molecule has 2 aliphatic rings. The number of aliphatic carboxylic acids is 1. The molecule has 1 N–H and O–H groups in total. The molecule has 0 saturated carbocycles. The van der Waals surface area contributed by atoms with Crippen LogP contribution in [0.15, 0.2) is 48.0 Å². The topological polar surface area (TPSA) is 109 Å². The molecule has 1 saturated heterocycles. The Kier molecular flexibility index (Phi) is 11.0. The number of aromatic nitrogens is 1. The second-order valence-corrected chi connectivity index (χ2v) is 13.3. The van der Waals surface area contributed by atoms with E-state index in [-0.39, 0.29) is 51.1 Å². The van der Waals surface area contributed by atoms with E-state index in [0.717, 1.165) is 40.2 Å². The molecule has 3 aromatic rings. The van der Waals surface area contributed by atoms with Gasteiger partial charge in [0.1, 0.15) is 22.9 Å². The monoisotopic (exact) mass is 747 g/mol. The highest BCUT2D eigenvalue weighted by atomic mass is 35.5. The van der Waals surface area contributed by atoms with E-state index in [4.69, 9.17) is 21.1 Å². The number of carboxylic acids is 1. The van der Waals surface area contributed by atoms with Crippen molar-refractivity contribution in [1.82, 2.24) is 14.8 Å². The van der Waals surface area contributed by atoms with Gasteiger partial charge >= 0.3 is 18.3 Å². The van der Waals surface area contributed by atoms with Crippen LogP contribution in [0.5, 0.6) is 5.75 Å². The van der Waals surface area contributed by atoms with Crippen LogP contribution in [0, 0.1) is 0 Å². The lowest BCUT2D eigenvalue weighted by atomic mass is 9.78. The van der Waals surface area contributed by atoms with Gasteiger partial charge in [-0.3, -0.25) is 14.6 Å². The Labute approximate surface area is 291 Å². The van der Waals surface area contributed by atoms with Crippen molar-refractivity contribution in [3.05, 3.63) is 80.3 Å². The number of amides is 2. The summed E-state index contributed by atoms with van der Waals surface area (Å²) >= 11 is 6.57. The van der Waals surface area contributed by atoms with E-state index < -0.39 is 70.6 Å². The normalized spacial score (nSPS) is 21.1. The first-order valence-corrected chi connectivity index (χ1v) is 16.9. The number of carboxylic acid groups (broad SMARTS) is 1. The summed E-state index contributed by atoms with van der Waals surface area (Å²) in [5.74, 6) is -3.42. The summed E-state index contributed by atoms with van der Waals surface area (Å²) in [7, 11) is 0. The van der Waals surface area contributed by atoms with Crippen molar-refractivity contribution in [3.8, 4) is 5.75 Å². The zero-order valence-corrected chi connectivity index (χ0v) is 28.1. The van der Waals surface area contributed by atoms with Gasteiger partial charge in [-0.05, 0) is 54.7 Å². The number of likely N-dealkylation sites (tertiary alicyclic amines) is 1. The first-order valence-electron chi connectivity index (χ1n) is 15.6. The average Bonchev–Trinajstić information content (AvgIpc) is 3.53. The lowest BCUT2D eigenvalue weighted by Gasteiger charge is -2.51. The summed E-state index contributed by atoms with van der Waals surface area (Å²) in [6.07, 6.45) is -8.05. The number of fused-ring (bicyclic) bond motifs is 1. The first-order chi connectivity index (χ1) is 23.6. The zero-order valence-electron chi connectivity index (χ0n) is 26.5. The quantitative estimate of drug-likeness (QED) is 0.217. The number of thiophene rings is 1. The Bertz CT molecular complexity index is 1740. The lowest BCUT2D eigenvalue weighted by molar-refractivity contribution is -0.164. The van der Waals surface area contributed by atoms with Crippen molar-refractivity contribution in [2.45, 2.75) is 69.1 Å². The molecule has 17 heteroatoms. The van der Waals surface area contributed by atoms with E-state index in [1.807, 2.05) is 0 Å². The number of alkyl halides is 6. The molecule has 1 fully saturated rings. The van der Waals surface area contributed by atoms with Crippen LogP contribution in [0.2, 0.25) is 5.02 Å². The molecule has 1 aromatic carbocycles. The van der Waals surface area contributed by atoms with Gasteiger partial charge in [0.15, 0.2) is 0 Å². The van der Waals surface area contributed by atoms with Gasteiger partial charge in [-0.2, -0.15) is 26.3 Å². The maximum absolute atomic E-state index is 15.1. The molecule has 2 amide bonds. The third-order valence-corrected chi connectivity index (χ3v) is 9.93. The Hall–Kier alpha value is -3.89. The summed E-state index contributed by atoms with van der Waals surface area (Å²) in [6.45, 7) is 0.693. The number of rotatable bonds is 10. The van der Waals surface area contributed by atoms with Crippen LogP contribution in [0.1, 0.15) is 70.7 Å². The van der Waals surface area contributed by atoms with Gasteiger partial charge in [-0.25, -0.2) is 4.79 Å². The van der Waals surface area contributed by atoms with Crippen LogP contribution in [-0.2, 0) is 33.1 Å². The van der Waals surface area contributed by atoms with Crippen LogP contribution >= 0.6 is 22.9 Å². The minimum atomic E-state index is -4.93. The van der Waals surface area contributed by atoms with Crippen molar-refractivity contribution in [2.24, 2.45) is 0 Å². The van der Waals surface area contributed by atoms with Gasteiger partial charge in [-0.15, -0.1) is 11.3 Å². The van der Waals surface area contributed by atoms with Gasteiger partial charge < -0.3 is 24.4 Å². The minimum Gasteiger partial charge on any atom is -0.480 e. The van der Waals surface area contributed by atoms with Gasteiger partial charge in [-0.1, -0.05) is 31.0 Å². The number of pyridine rings is 1. The third kappa shape index (κ3) is 7.71. The van der Waals surface area contributed by atoms with Crippen LogP contribution < -0.4 is 4.74 Å². The van der Waals surface area contributed by atoms with Gasteiger partial charge in [0, 0.05) is 42.2 Å². The molecule has 2 aromatic heterocycles. The highest BCUT2D eigenvalue weighted by molar-refractivity contribution is 7.10. The summed E-state index contributed by atoms with van der Waals surface area (Å²) in [4.78, 5) is 45.7. The van der Waals surface area contributed by atoms with E-state index >= 15 is 4.79 Å². The summed E-state index contributed by atoms with van der Waals surface area (Å²) in [5.41, 5.74) is -2.89. The number of nitrogens with zero attached hydrogens (tertiary/aromatic N) is 3. The number of carbonyl (C=O) groups excluding carboxylic acids is 2. The Morgan fingerprint density at radius 1 is 1.08 bits per heavy atom. The molecular formula is C33H32ClF6N3O6S. The number of carbonyl (C=O) groups is 3. The predicted octanol–water partition coefficient (Wildman–Crippen LogP) is 7.28. The summed E-state index contributed by atoms with van der Waals surface area (Å²) in [6, 6.07) is 5.30. The molecule has 0 aliphatic carbocycles. The summed E-state index contributed by atoms with van der Waals surface area (Å²) in [5, 5.41) is 10.7. The maximum Gasteiger partial charge on any atom is 0.425 e. The van der Waals surface area contributed by atoms with E-state index in [0.29, 0.717) is 28.3 Å². The molecule has 0 radical (unpaired) electrons. The average molecular weight is 748 g/mol. The molecule has 2 aliphatic heterocycles. The fourth-order valence-electron chi connectivity index (χ4n) is 6.68. The molecule has 50 heavy (non-hydrogen) atoms. The largest absolute Gasteiger partial charge is 0.480 e. The van der Waals surface area contributed by atoms with Crippen LogP contribution in [0.4, 0.5) is 26.3 Å². The van der Waals surface area contributed by atoms with Crippen LogP contribution in [0.3, 0.4) is 0 Å². The van der Waals surface area contributed by atoms with E-state index in [2.05, 4.69) is 4.98 Å². The third-order valence-electron chi connectivity index (χ3n) is 8.74. The Morgan fingerprint density at radius 2 is 1.84 bits per heavy atom. The molecular weight excluding hydrogens is 716 g/mol. The van der Waals surface area contributed by atoms with Crippen LogP contribution in [-0.4, -0.2) is 75.6 Å². The van der Waals surface area contributed by atoms with Crippen LogP contribution in [0.25, 0.3) is 0 Å². The zero-order chi connectivity index (χ0) is 36.4. The SMILES string of the molecule is CCC[C@H]1N(C(=O)c2ncccc2C(F)(F)F)CCC[C@]1(Oc1csc(C(F)(F)F)c1)C(=O)N1CCc2cc(Cl)ccc2C1COCC(=O)O. The van der Waals surface area contributed by atoms with Gasteiger partial charge in [0.25, 0.3) is 11.8 Å². The minimum absolute atomic E-state index is 0.0288. The number of hydrogen-bond acceptors (Lipinski definition) is 7. The Balaban J connectivity index is 1.64. The van der Waals surface area contributed by atoms with E-state index in [1.54, 1.807) is 25.1 Å². The van der Waals surface area contributed by atoms with Crippen molar-refractivity contribution < 1.29 is 55.3 Å². The molecule has 5 rings (SSSR count). The predicted molar refractivity (Wildman–Crippen MR) is 169 cm³/mol. The van der Waals surface area contributed by atoms with Crippen molar-refractivity contribution in [3.63, 3.8) is 0 Å².